The van der Waals surface area contributed by atoms with Crippen LogP contribution in [-0.2, 0) is 16.1 Å². The largest absolute Gasteiger partial charge is 0.342 e. The molecule has 0 unspecified atom stereocenters. The van der Waals surface area contributed by atoms with Crippen molar-refractivity contribution < 1.29 is 9.63 Å². The van der Waals surface area contributed by atoms with Crippen molar-refractivity contribution in [1.82, 2.24) is 10.4 Å². The van der Waals surface area contributed by atoms with Gasteiger partial charge in [0, 0.05) is 36.0 Å². The third-order valence-electron chi connectivity index (χ3n) is 5.25. The maximum atomic E-state index is 12.7. The predicted molar refractivity (Wildman–Crippen MR) is 108 cm³/mol. The molecule has 2 aliphatic heterocycles. The zero-order valence-electron chi connectivity index (χ0n) is 15.2. The molecule has 0 radical (unpaired) electrons. The molecule has 0 saturated carbocycles. The smallest absolute Gasteiger partial charge is 0.227 e. The fourth-order valence-electron chi connectivity index (χ4n) is 3.55. The van der Waals surface area contributed by atoms with Crippen LogP contribution in [-0.4, -0.2) is 35.5 Å². The molecule has 5 nitrogen and oxygen atoms in total. The van der Waals surface area contributed by atoms with E-state index in [9.17, 15) is 4.79 Å². The monoisotopic (exact) mass is 427 g/mol. The normalized spacial score (nSPS) is 18.3. The Morgan fingerprint density at radius 1 is 1.22 bits per heavy atom. The molecule has 1 saturated heterocycles. The molecular weight excluding hydrogens is 406 g/mol. The molecule has 0 aliphatic carbocycles. The van der Waals surface area contributed by atoms with Crippen molar-refractivity contribution >= 4 is 27.7 Å². The van der Waals surface area contributed by atoms with Crippen molar-refractivity contribution in [2.75, 3.05) is 13.1 Å². The quantitative estimate of drug-likeness (QED) is 0.813. The molecule has 2 aromatic rings. The Morgan fingerprint density at radius 2 is 2.00 bits per heavy atom. The number of piperidine rings is 1. The molecular formula is C21H22BrN3O2. The minimum atomic E-state index is -0.572. The van der Waals surface area contributed by atoms with Crippen molar-refractivity contribution in [3.8, 4) is 0 Å². The number of halogens is 1. The van der Waals surface area contributed by atoms with Crippen molar-refractivity contribution in [1.29, 1.82) is 0 Å². The highest BCUT2D eigenvalue weighted by Gasteiger charge is 2.41. The second kappa shape index (κ2) is 7.44. The van der Waals surface area contributed by atoms with E-state index in [1.807, 2.05) is 60.4 Å². The van der Waals surface area contributed by atoms with E-state index >= 15 is 0 Å². The Labute approximate surface area is 167 Å². The third-order valence-corrected chi connectivity index (χ3v) is 5.74. The molecule has 2 heterocycles. The third kappa shape index (κ3) is 3.92. The fourth-order valence-corrected chi connectivity index (χ4v) is 3.95. The van der Waals surface area contributed by atoms with E-state index in [4.69, 9.17) is 9.83 Å². The molecule has 1 fully saturated rings. The molecule has 0 atom stereocenters. The van der Waals surface area contributed by atoms with Gasteiger partial charge in [0.25, 0.3) is 0 Å². The van der Waals surface area contributed by atoms with Crippen LogP contribution in [0.5, 0.6) is 0 Å². The first kappa shape index (κ1) is 18.2. The van der Waals surface area contributed by atoms with Crippen LogP contribution in [0.3, 0.4) is 0 Å². The average molecular weight is 428 g/mol. The summed E-state index contributed by atoms with van der Waals surface area (Å²) in [5, 5.41) is 0. The van der Waals surface area contributed by atoms with Crippen molar-refractivity contribution in [2.45, 2.75) is 31.9 Å². The second-order valence-corrected chi connectivity index (χ2v) is 8.02. The zero-order chi connectivity index (χ0) is 18.9. The van der Waals surface area contributed by atoms with Gasteiger partial charge in [-0.2, -0.15) is 0 Å². The van der Waals surface area contributed by atoms with E-state index in [2.05, 4.69) is 21.4 Å². The van der Waals surface area contributed by atoms with Crippen LogP contribution in [0.15, 0.2) is 58.0 Å². The molecule has 0 bridgehead atoms. The summed E-state index contributed by atoms with van der Waals surface area (Å²) in [5.74, 6) is 0.914. The van der Waals surface area contributed by atoms with Gasteiger partial charge in [0.1, 0.15) is 0 Å². The van der Waals surface area contributed by atoms with Crippen LogP contribution in [0.1, 0.15) is 29.5 Å². The fraction of sp³-hybridized carbons (Fsp3) is 0.333. The Balaban J connectivity index is 1.40. The van der Waals surface area contributed by atoms with E-state index in [1.54, 1.807) is 0 Å². The number of carbonyl (C=O) groups is 1. The molecule has 2 aromatic carbocycles. The molecule has 1 N–H and O–H groups in total. The molecule has 6 heteroatoms. The van der Waals surface area contributed by atoms with E-state index in [-0.39, 0.29) is 5.91 Å². The van der Waals surface area contributed by atoms with E-state index in [1.165, 1.54) is 0 Å². The molecule has 0 aromatic heterocycles. The zero-order valence-corrected chi connectivity index (χ0v) is 16.8. The number of aliphatic imine (C=N–C) groups is 1. The van der Waals surface area contributed by atoms with Gasteiger partial charge in [0.2, 0.25) is 5.91 Å². The van der Waals surface area contributed by atoms with Crippen LogP contribution in [0.4, 0.5) is 0 Å². The summed E-state index contributed by atoms with van der Waals surface area (Å²) in [4.78, 5) is 25.3. The number of likely N-dealkylation sites (tertiary alicyclic amines) is 1. The number of aryl methyl sites for hydroxylation is 1. The van der Waals surface area contributed by atoms with Gasteiger partial charge in [-0.3, -0.25) is 4.79 Å². The molecule has 1 amide bonds. The molecule has 2 aliphatic rings. The van der Waals surface area contributed by atoms with Gasteiger partial charge in [-0.15, -0.1) is 0 Å². The number of hydrogen-bond donors (Lipinski definition) is 1. The van der Waals surface area contributed by atoms with E-state index in [0.717, 1.165) is 27.0 Å². The lowest BCUT2D eigenvalue weighted by molar-refractivity contribution is -0.138. The number of nitrogens with zero attached hydrogens (tertiary/aromatic N) is 2. The Hall–Kier alpha value is -2.18. The number of rotatable bonds is 3. The van der Waals surface area contributed by atoms with Crippen LogP contribution in [0.2, 0.25) is 0 Å². The molecule has 1 spiro atoms. The standard InChI is InChI=1S/C21H22BrN3O2/c1-15-5-2-3-6-16(15)14-19(26)25-11-9-21(10-12-25)23-20(24-27-21)17-7-4-8-18(22)13-17/h2-8,13H,9-12,14H2,1H3,(H,23,24). The summed E-state index contributed by atoms with van der Waals surface area (Å²) in [6.45, 7) is 3.35. The first-order chi connectivity index (χ1) is 13.0. The second-order valence-electron chi connectivity index (χ2n) is 7.11. The summed E-state index contributed by atoms with van der Waals surface area (Å²) < 4.78 is 1.00. The SMILES string of the molecule is Cc1ccccc1CC(=O)N1CCC2(CC1)N=C(c1cccc(Br)c1)NO2. The van der Waals surface area contributed by atoms with Crippen LogP contribution in [0, 0.1) is 6.92 Å². The minimum Gasteiger partial charge on any atom is -0.342 e. The summed E-state index contributed by atoms with van der Waals surface area (Å²) in [5.41, 5.74) is 5.64. The lowest BCUT2D eigenvalue weighted by Gasteiger charge is -2.35. The van der Waals surface area contributed by atoms with Gasteiger partial charge >= 0.3 is 0 Å². The average Bonchev–Trinajstić information content (AvgIpc) is 3.08. The number of hydrogen-bond acceptors (Lipinski definition) is 4. The number of hydroxylamine groups is 1. The summed E-state index contributed by atoms with van der Waals surface area (Å²) in [7, 11) is 0. The Kier molecular flexibility index (Phi) is 5.02. The molecule has 27 heavy (non-hydrogen) atoms. The summed E-state index contributed by atoms with van der Waals surface area (Å²) in [6, 6.07) is 16.0. The highest BCUT2D eigenvalue weighted by molar-refractivity contribution is 9.10. The highest BCUT2D eigenvalue weighted by atomic mass is 79.9. The van der Waals surface area contributed by atoms with Crippen LogP contribution < -0.4 is 5.48 Å². The van der Waals surface area contributed by atoms with Gasteiger partial charge in [-0.05, 0) is 30.2 Å². The molecule has 140 valence electrons. The number of carbonyl (C=O) groups excluding carboxylic acids is 1. The van der Waals surface area contributed by atoms with Crippen LogP contribution >= 0.6 is 15.9 Å². The summed E-state index contributed by atoms with van der Waals surface area (Å²) in [6.07, 6.45) is 1.83. The van der Waals surface area contributed by atoms with Gasteiger partial charge in [0.15, 0.2) is 11.6 Å². The van der Waals surface area contributed by atoms with Crippen molar-refractivity contribution in [3.05, 3.63) is 69.7 Å². The predicted octanol–water partition coefficient (Wildman–Crippen LogP) is 3.60. The highest BCUT2D eigenvalue weighted by Crippen LogP contribution is 2.31. The number of amides is 1. The maximum absolute atomic E-state index is 12.7. The number of benzene rings is 2. The molecule has 4 rings (SSSR count). The van der Waals surface area contributed by atoms with Gasteiger partial charge in [-0.25, -0.2) is 15.3 Å². The number of nitrogens with one attached hydrogen (secondary N) is 1. The van der Waals surface area contributed by atoms with Crippen molar-refractivity contribution in [3.63, 3.8) is 0 Å². The van der Waals surface area contributed by atoms with Gasteiger partial charge in [-0.1, -0.05) is 52.3 Å². The topological polar surface area (TPSA) is 53.9 Å². The van der Waals surface area contributed by atoms with Gasteiger partial charge in [0.05, 0.1) is 6.42 Å². The maximum Gasteiger partial charge on any atom is 0.227 e. The van der Waals surface area contributed by atoms with E-state index in [0.29, 0.717) is 32.4 Å². The Morgan fingerprint density at radius 3 is 2.74 bits per heavy atom. The summed E-state index contributed by atoms with van der Waals surface area (Å²) >= 11 is 3.48. The minimum absolute atomic E-state index is 0.168. The van der Waals surface area contributed by atoms with Crippen molar-refractivity contribution in [2.24, 2.45) is 4.99 Å². The number of amidine groups is 1. The lowest BCUT2D eigenvalue weighted by atomic mass is 9.99. The Bertz CT molecular complexity index is 889. The lowest BCUT2D eigenvalue weighted by Crippen LogP contribution is -2.47. The first-order valence-electron chi connectivity index (χ1n) is 9.17. The van der Waals surface area contributed by atoms with Gasteiger partial charge < -0.3 is 4.90 Å². The first-order valence-corrected chi connectivity index (χ1v) is 9.96. The van der Waals surface area contributed by atoms with Crippen LogP contribution in [0.25, 0.3) is 0 Å². The van der Waals surface area contributed by atoms with E-state index < -0.39 is 5.72 Å².